The van der Waals surface area contributed by atoms with Crippen molar-refractivity contribution in [3.63, 3.8) is 0 Å². The fourth-order valence-corrected chi connectivity index (χ4v) is 2.75. The lowest BCUT2D eigenvalue weighted by molar-refractivity contribution is -0.111. The van der Waals surface area contributed by atoms with Crippen LogP contribution in [-0.4, -0.2) is 9.81 Å². The van der Waals surface area contributed by atoms with Gasteiger partial charge in [-0.15, -0.1) is 0 Å². The quantitative estimate of drug-likeness (QED) is 0.769. The summed E-state index contributed by atoms with van der Waals surface area (Å²) in [6, 6.07) is 1.98. The van der Waals surface area contributed by atoms with Crippen LogP contribution in [0.4, 0.5) is 0 Å². The number of rotatable bonds is 5. The second-order valence-corrected chi connectivity index (χ2v) is 5.23. The zero-order valence-corrected chi connectivity index (χ0v) is 11.4. The molecule has 0 N–H and O–H groups in total. The van der Waals surface area contributed by atoms with E-state index in [4.69, 9.17) is 11.6 Å². The molecule has 3 nitrogen and oxygen atoms in total. The van der Waals surface area contributed by atoms with Crippen LogP contribution >= 0.6 is 11.6 Å². The predicted molar refractivity (Wildman–Crippen MR) is 72.2 cm³/mol. The molecule has 98 valence electrons. The molecule has 0 amide bonds. The van der Waals surface area contributed by atoms with Gasteiger partial charge in [0.2, 0.25) is 5.24 Å². The summed E-state index contributed by atoms with van der Waals surface area (Å²) in [5.41, 5.74) is 3.27. The normalized spacial score (nSPS) is 13.7. The Bertz CT molecular complexity index is 519. The van der Waals surface area contributed by atoms with E-state index in [1.165, 1.54) is 11.3 Å². The van der Waals surface area contributed by atoms with Crippen LogP contribution in [0.5, 0.6) is 0 Å². The van der Waals surface area contributed by atoms with Crippen LogP contribution in [0.25, 0.3) is 0 Å². The number of pyridine rings is 1. The lowest BCUT2D eigenvalue weighted by Crippen LogP contribution is -2.27. The number of aromatic nitrogens is 1. The van der Waals surface area contributed by atoms with Gasteiger partial charge >= 0.3 is 0 Å². The minimum atomic E-state index is -0.378. The molecule has 0 unspecified atom stereocenters. The van der Waals surface area contributed by atoms with Gasteiger partial charge < -0.3 is 4.57 Å². The van der Waals surface area contributed by atoms with Crippen LogP contribution in [0.2, 0.25) is 0 Å². The summed E-state index contributed by atoms with van der Waals surface area (Å²) in [5, 5.41) is -0.378. The van der Waals surface area contributed by atoms with E-state index in [2.05, 4.69) is 6.92 Å². The Kier molecular flexibility index (Phi) is 4.23. The van der Waals surface area contributed by atoms with E-state index < -0.39 is 0 Å². The van der Waals surface area contributed by atoms with Gasteiger partial charge in [0.05, 0.1) is 0 Å². The molecular weight excluding hydrogens is 250 g/mol. The van der Waals surface area contributed by atoms with E-state index in [-0.39, 0.29) is 17.2 Å². The molecule has 1 heterocycles. The first-order valence-corrected chi connectivity index (χ1v) is 6.94. The van der Waals surface area contributed by atoms with Crippen molar-refractivity contribution in [2.45, 2.75) is 52.0 Å². The molecule has 0 radical (unpaired) electrons. The van der Waals surface area contributed by atoms with Crippen LogP contribution in [0, 0.1) is 0 Å². The third kappa shape index (κ3) is 2.66. The molecule has 0 bridgehead atoms. The number of hydrogen-bond acceptors (Lipinski definition) is 2. The largest absolute Gasteiger partial charge is 0.312 e. The average molecular weight is 268 g/mol. The third-order valence-electron chi connectivity index (χ3n) is 3.46. The van der Waals surface area contributed by atoms with Crippen molar-refractivity contribution in [2.75, 3.05) is 0 Å². The molecule has 1 aromatic heterocycles. The van der Waals surface area contributed by atoms with Gasteiger partial charge in [0, 0.05) is 24.2 Å². The molecule has 0 atom stereocenters. The van der Waals surface area contributed by atoms with Crippen molar-refractivity contribution in [1.29, 1.82) is 0 Å². The monoisotopic (exact) mass is 267 g/mol. The van der Waals surface area contributed by atoms with Gasteiger partial charge in [-0.2, -0.15) is 0 Å². The van der Waals surface area contributed by atoms with Crippen LogP contribution in [0.3, 0.4) is 0 Å². The highest BCUT2D eigenvalue weighted by Crippen LogP contribution is 2.22. The lowest BCUT2D eigenvalue weighted by atomic mass is 10.1. The maximum atomic E-state index is 12.3. The summed E-state index contributed by atoms with van der Waals surface area (Å²) in [6.45, 7) is 2.84. The van der Waals surface area contributed by atoms with E-state index in [1.54, 1.807) is 0 Å². The Balaban J connectivity index is 2.39. The van der Waals surface area contributed by atoms with Crippen molar-refractivity contribution >= 4 is 16.8 Å². The summed E-state index contributed by atoms with van der Waals surface area (Å²) in [5.74, 6) is 0. The second-order valence-electron chi connectivity index (χ2n) is 4.81. The number of carbonyl (C=O) groups is 1. The molecule has 1 aliphatic carbocycles. The predicted octanol–water partition coefficient (Wildman–Crippen LogP) is 2.45. The van der Waals surface area contributed by atoms with Gasteiger partial charge in [-0.3, -0.25) is 9.59 Å². The number of halogens is 1. The first-order chi connectivity index (χ1) is 8.63. The van der Waals surface area contributed by atoms with Crippen molar-refractivity contribution in [3.8, 4) is 0 Å². The van der Waals surface area contributed by atoms with Crippen LogP contribution < -0.4 is 5.56 Å². The number of aryl methyl sites for hydroxylation is 2. The van der Waals surface area contributed by atoms with Gasteiger partial charge in [0.1, 0.15) is 0 Å². The second kappa shape index (κ2) is 5.70. The number of carbonyl (C=O) groups excluding carboxylic acids is 1. The Hall–Kier alpha value is -1.09. The fourth-order valence-electron chi connectivity index (χ4n) is 2.66. The Morgan fingerprint density at radius 3 is 2.89 bits per heavy atom. The summed E-state index contributed by atoms with van der Waals surface area (Å²) < 4.78 is 1.90. The Morgan fingerprint density at radius 2 is 2.22 bits per heavy atom. The molecule has 18 heavy (non-hydrogen) atoms. The topological polar surface area (TPSA) is 39.1 Å². The third-order valence-corrected chi connectivity index (χ3v) is 3.65. The lowest BCUT2D eigenvalue weighted by Gasteiger charge is -2.13. The van der Waals surface area contributed by atoms with Crippen molar-refractivity contribution < 1.29 is 4.79 Å². The highest BCUT2D eigenvalue weighted by Gasteiger charge is 2.18. The molecule has 0 spiro atoms. The minimum absolute atomic E-state index is 0.0652. The van der Waals surface area contributed by atoms with E-state index in [1.807, 2.05) is 10.6 Å². The van der Waals surface area contributed by atoms with E-state index >= 15 is 0 Å². The van der Waals surface area contributed by atoms with E-state index in [0.717, 1.165) is 37.8 Å². The molecule has 0 saturated heterocycles. The van der Waals surface area contributed by atoms with Crippen molar-refractivity contribution in [3.05, 3.63) is 33.2 Å². The molecule has 0 aliphatic heterocycles. The zero-order valence-electron chi connectivity index (χ0n) is 10.7. The molecule has 0 saturated carbocycles. The smallest absolute Gasteiger partial charge is 0.253 e. The van der Waals surface area contributed by atoms with Gasteiger partial charge in [0.15, 0.2) is 0 Å². The molecule has 4 heteroatoms. The zero-order chi connectivity index (χ0) is 13.1. The summed E-state index contributed by atoms with van der Waals surface area (Å²) in [4.78, 5) is 23.2. The Morgan fingerprint density at radius 1 is 1.44 bits per heavy atom. The van der Waals surface area contributed by atoms with Gasteiger partial charge in [-0.1, -0.05) is 6.92 Å². The molecule has 1 aromatic rings. The van der Waals surface area contributed by atoms with Crippen LogP contribution in [0.1, 0.15) is 43.0 Å². The highest BCUT2D eigenvalue weighted by atomic mass is 35.5. The first kappa shape index (κ1) is 13.3. The standard InChI is InChI=1S/C14H18ClNO2/c1-2-8-16-12-5-3-4-10(12)9-11(14(16)18)6-7-13(15)17/h9H,2-8H2,1H3. The van der Waals surface area contributed by atoms with Gasteiger partial charge in [-0.05, 0) is 55.3 Å². The Labute approximate surface area is 112 Å². The number of nitrogens with zero attached hydrogens (tertiary/aromatic N) is 1. The SMILES string of the molecule is CCCn1c2c(cc(CCC(=O)Cl)c1=O)CCC2. The maximum absolute atomic E-state index is 12.3. The summed E-state index contributed by atoms with van der Waals surface area (Å²) >= 11 is 5.35. The molecule has 0 aromatic carbocycles. The minimum Gasteiger partial charge on any atom is -0.312 e. The van der Waals surface area contributed by atoms with Gasteiger partial charge in [-0.25, -0.2) is 0 Å². The number of fused-ring (bicyclic) bond motifs is 1. The molecule has 2 rings (SSSR count). The molecule has 0 fully saturated rings. The highest BCUT2D eigenvalue weighted by molar-refractivity contribution is 6.63. The van der Waals surface area contributed by atoms with Crippen LogP contribution in [-0.2, 0) is 30.6 Å². The van der Waals surface area contributed by atoms with Gasteiger partial charge in [0.25, 0.3) is 5.56 Å². The fraction of sp³-hybridized carbons (Fsp3) is 0.571. The van der Waals surface area contributed by atoms with Crippen molar-refractivity contribution in [1.82, 2.24) is 4.57 Å². The number of hydrogen-bond donors (Lipinski definition) is 0. The average Bonchev–Trinajstić information content (AvgIpc) is 2.78. The summed E-state index contributed by atoms with van der Waals surface area (Å²) in [7, 11) is 0. The summed E-state index contributed by atoms with van der Waals surface area (Å²) in [6.07, 6.45) is 4.81. The van der Waals surface area contributed by atoms with Crippen LogP contribution in [0.15, 0.2) is 10.9 Å². The van der Waals surface area contributed by atoms with Crippen molar-refractivity contribution in [2.24, 2.45) is 0 Å². The maximum Gasteiger partial charge on any atom is 0.253 e. The van der Waals surface area contributed by atoms with E-state index in [9.17, 15) is 9.59 Å². The van der Waals surface area contributed by atoms with E-state index in [0.29, 0.717) is 6.42 Å². The first-order valence-electron chi connectivity index (χ1n) is 6.56. The molecular formula is C14H18ClNO2. The molecule has 1 aliphatic rings.